The number of nitrogens with zero attached hydrogens (tertiary/aromatic N) is 5. The first-order valence-electron chi connectivity index (χ1n) is 9.11. The van der Waals surface area contributed by atoms with Crippen molar-refractivity contribution in [2.24, 2.45) is 7.05 Å². The van der Waals surface area contributed by atoms with Crippen LogP contribution in [0.2, 0.25) is 0 Å². The average Bonchev–Trinajstić information content (AvgIpc) is 3.29. The lowest BCUT2D eigenvalue weighted by molar-refractivity contribution is 0.589. The summed E-state index contributed by atoms with van der Waals surface area (Å²) in [5.74, 6) is -0.547. The molecule has 0 N–H and O–H groups in total. The molecule has 0 unspecified atom stereocenters. The molecule has 0 aliphatic rings. The number of pyridine rings is 2. The van der Waals surface area contributed by atoms with Gasteiger partial charge in [0.25, 0.3) is 10.0 Å². The second-order valence-electron chi connectivity index (χ2n) is 7.10. The van der Waals surface area contributed by atoms with E-state index in [0.717, 1.165) is 21.3 Å². The normalized spacial score (nSPS) is 12.1. The number of fused-ring (bicyclic) bond motifs is 3. The van der Waals surface area contributed by atoms with Gasteiger partial charge in [-0.2, -0.15) is 5.10 Å². The van der Waals surface area contributed by atoms with Crippen LogP contribution >= 0.6 is 0 Å². The summed E-state index contributed by atoms with van der Waals surface area (Å²) in [6.07, 6.45) is 5.95. The highest BCUT2D eigenvalue weighted by atomic mass is 32.2. The summed E-state index contributed by atoms with van der Waals surface area (Å²) in [5, 5.41) is 5.08. The first-order chi connectivity index (χ1) is 14.3. The maximum absolute atomic E-state index is 14.0. The number of benzene rings is 1. The van der Waals surface area contributed by atoms with Crippen LogP contribution in [0.15, 0.2) is 66.1 Å². The molecule has 5 aromatic rings. The van der Waals surface area contributed by atoms with Crippen LogP contribution in [0.25, 0.3) is 33.2 Å². The van der Waals surface area contributed by atoms with Crippen LogP contribution in [0.5, 0.6) is 0 Å². The second-order valence-corrected chi connectivity index (χ2v) is 8.88. The second kappa shape index (κ2) is 6.46. The Morgan fingerprint density at radius 3 is 2.43 bits per heavy atom. The Bertz CT molecular complexity index is 1540. The summed E-state index contributed by atoms with van der Waals surface area (Å²) >= 11 is 0. The van der Waals surface area contributed by atoms with Gasteiger partial charge in [-0.25, -0.2) is 21.8 Å². The molecule has 5 rings (SSSR count). The molecular weight excluding hydrogens is 405 g/mol. The molecule has 4 heterocycles. The van der Waals surface area contributed by atoms with Gasteiger partial charge in [0.15, 0.2) is 5.65 Å². The molecule has 0 saturated carbocycles. The molecule has 0 bridgehead atoms. The molecule has 4 aromatic heterocycles. The minimum atomic E-state index is -3.98. The van der Waals surface area contributed by atoms with Crippen LogP contribution in [0, 0.1) is 12.7 Å². The predicted octanol–water partition coefficient (Wildman–Crippen LogP) is 3.67. The van der Waals surface area contributed by atoms with E-state index in [4.69, 9.17) is 0 Å². The Morgan fingerprint density at radius 1 is 0.967 bits per heavy atom. The van der Waals surface area contributed by atoms with E-state index in [2.05, 4.69) is 15.1 Å². The highest BCUT2D eigenvalue weighted by Crippen LogP contribution is 2.33. The van der Waals surface area contributed by atoms with Gasteiger partial charge < -0.3 is 0 Å². The zero-order chi connectivity index (χ0) is 21.0. The predicted molar refractivity (Wildman–Crippen MR) is 111 cm³/mol. The first kappa shape index (κ1) is 18.4. The third kappa shape index (κ3) is 2.78. The molecule has 0 aliphatic heterocycles. The van der Waals surface area contributed by atoms with Gasteiger partial charge in [-0.1, -0.05) is 17.7 Å². The van der Waals surface area contributed by atoms with Crippen molar-refractivity contribution in [3.8, 4) is 11.3 Å². The fourth-order valence-corrected chi connectivity index (χ4v) is 4.97. The van der Waals surface area contributed by atoms with Crippen molar-refractivity contribution in [1.29, 1.82) is 0 Å². The van der Waals surface area contributed by atoms with E-state index < -0.39 is 15.8 Å². The van der Waals surface area contributed by atoms with Crippen LogP contribution in [0.3, 0.4) is 0 Å². The highest BCUT2D eigenvalue weighted by Gasteiger charge is 2.25. The number of halogens is 1. The Hall–Kier alpha value is -3.59. The molecule has 0 amide bonds. The van der Waals surface area contributed by atoms with Crippen LogP contribution in [0.1, 0.15) is 5.56 Å². The van der Waals surface area contributed by atoms with Gasteiger partial charge in [-0.15, -0.1) is 0 Å². The molecule has 0 fully saturated rings. The van der Waals surface area contributed by atoms with E-state index in [1.165, 1.54) is 12.3 Å². The molecule has 0 atom stereocenters. The van der Waals surface area contributed by atoms with Gasteiger partial charge in [0.1, 0.15) is 5.82 Å². The van der Waals surface area contributed by atoms with Gasteiger partial charge >= 0.3 is 0 Å². The lowest BCUT2D eigenvalue weighted by atomic mass is 10.1. The number of aromatic nitrogens is 5. The average molecular weight is 421 g/mol. The molecule has 150 valence electrons. The van der Waals surface area contributed by atoms with Crippen molar-refractivity contribution >= 4 is 32.0 Å². The van der Waals surface area contributed by atoms with Gasteiger partial charge in [0.2, 0.25) is 0 Å². The van der Waals surface area contributed by atoms with E-state index in [9.17, 15) is 12.8 Å². The summed E-state index contributed by atoms with van der Waals surface area (Å²) in [5.41, 5.74) is 2.80. The SMILES string of the molecule is Cc1ccc(S(=O)(=O)n2c3cnc(-c4cnn(C)c4)cc3c3cc(F)cnc32)cc1. The summed E-state index contributed by atoms with van der Waals surface area (Å²) in [6, 6.07) is 9.57. The maximum atomic E-state index is 14.0. The van der Waals surface area contributed by atoms with Crippen molar-refractivity contribution < 1.29 is 12.8 Å². The number of hydrogen-bond acceptors (Lipinski definition) is 5. The molecule has 1 aromatic carbocycles. The standard InChI is InChI=1S/C21H16FN5O2S/c1-13-3-5-16(6-4-13)30(28,29)27-20-11-23-19(14-9-25-26(2)12-14)8-17(20)18-7-15(22)10-24-21(18)27/h3-12H,1-2H3. The number of aryl methyl sites for hydroxylation is 2. The van der Waals surface area contributed by atoms with Crippen LogP contribution < -0.4 is 0 Å². The Balaban J connectivity index is 1.84. The Morgan fingerprint density at radius 2 is 1.73 bits per heavy atom. The van der Waals surface area contributed by atoms with E-state index in [1.807, 2.05) is 6.92 Å². The van der Waals surface area contributed by atoms with Crippen LogP contribution in [-0.4, -0.2) is 32.1 Å². The van der Waals surface area contributed by atoms with E-state index in [-0.39, 0.29) is 10.5 Å². The molecule has 0 saturated heterocycles. The van der Waals surface area contributed by atoms with Gasteiger partial charge in [-0.05, 0) is 31.2 Å². The van der Waals surface area contributed by atoms with Gasteiger partial charge in [0.05, 0.1) is 34.7 Å². The quantitative estimate of drug-likeness (QED) is 0.444. The largest absolute Gasteiger partial charge is 0.275 e. The molecule has 7 nitrogen and oxygen atoms in total. The van der Waals surface area contributed by atoms with E-state index >= 15 is 0 Å². The molecule has 9 heteroatoms. The summed E-state index contributed by atoms with van der Waals surface area (Å²) in [4.78, 5) is 8.65. The minimum Gasteiger partial charge on any atom is -0.275 e. The number of rotatable bonds is 3. The highest BCUT2D eigenvalue weighted by molar-refractivity contribution is 7.90. The molecular formula is C21H16FN5O2S. The van der Waals surface area contributed by atoms with Gasteiger partial charge in [0, 0.05) is 29.6 Å². The summed E-state index contributed by atoms with van der Waals surface area (Å²) in [6.45, 7) is 1.88. The van der Waals surface area contributed by atoms with E-state index in [0.29, 0.717) is 22.0 Å². The Kier molecular flexibility index (Phi) is 3.97. The van der Waals surface area contributed by atoms with Crippen LogP contribution in [0.4, 0.5) is 4.39 Å². The van der Waals surface area contributed by atoms with Crippen molar-refractivity contribution in [3.05, 3.63) is 72.6 Å². The third-order valence-corrected chi connectivity index (χ3v) is 6.70. The van der Waals surface area contributed by atoms with Gasteiger partial charge in [-0.3, -0.25) is 9.67 Å². The molecule has 0 radical (unpaired) electrons. The molecule has 0 aliphatic carbocycles. The smallest absolute Gasteiger partial charge is 0.269 e. The lowest BCUT2D eigenvalue weighted by Crippen LogP contribution is -2.13. The number of hydrogen-bond donors (Lipinski definition) is 0. The van der Waals surface area contributed by atoms with Crippen molar-refractivity contribution in [2.75, 3.05) is 0 Å². The Labute approximate surface area is 171 Å². The fraction of sp³-hybridized carbons (Fsp3) is 0.0952. The third-order valence-electron chi connectivity index (χ3n) is 4.98. The first-order valence-corrected chi connectivity index (χ1v) is 10.6. The van der Waals surface area contributed by atoms with Crippen molar-refractivity contribution in [3.63, 3.8) is 0 Å². The maximum Gasteiger partial charge on any atom is 0.269 e. The van der Waals surface area contributed by atoms with E-state index in [1.54, 1.807) is 54.5 Å². The monoisotopic (exact) mass is 421 g/mol. The van der Waals surface area contributed by atoms with Crippen molar-refractivity contribution in [1.82, 2.24) is 23.7 Å². The van der Waals surface area contributed by atoms with Crippen LogP contribution in [-0.2, 0) is 17.1 Å². The summed E-state index contributed by atoms with van der Waals surface area (Å²) < 4.78 is 43.7. The topological polar surface area (TPSA) is 82.7 Å². The zero-order valence-electron chi connectivity index (χ0n) is 16.1. The zero-order valence-corrected chi connectivity index (χ0v) is 16.9. The molecule has 0 spiro atoms. The summed E-state index contributed by atoms with van der Waals surface area (Å²) in [7, 11) is -2.18. The fourth-order valence-electron chi connectivity index (χ4n) is 3.50. The lowest BCUT2D eigenvalue weighted by Gasteiger charge is -2.09. The molecule has 30 heavy (non-hydrogen) atoms. The minimum absolute atomic E-state index is 0.120. The van der Waals surface area contributed by atoms with Crippen molar-refractivity contribution in [2.45, 2.75) is 11.8 Å².